The molecule has 0 bridgehead atoms. The molecule has 21 nitrogen and oxygen atoms in total. The predicted octanol–water partition coefficient (Wildman–Crippen LogP) is -3.70. The maximum atomic E-state index is 14.1. The molecule has 21 heteroatoms. The molecule has 4 heterocycles. The molecular formula is C34H40O21. The largest absolute Gasteiger partial charge is 0.508 e. The molecule has 0 saturated carbocycles. The molecule has 3 fully saturated rings. The number of fused-ring (bicyclic) bond motifs is 1. The van der Waals surface area contributed by atoms with E-state index in [4.69, 9.17) is 32.8 Å². The second kappa shape index (κ2) is 16.1. The van der Waals surface area contributed by atoms with Crippen molar-refractivity contribution < 1.29 is 99.2 Å². The first kappa shape index (κ1) is 40.5. The molecule has 2 aromatic carbocycles. The Hall–Kier alpha value is -4.17. The van der Waals surface area contributed by atoms with Gasteiger partial charge >= 0.3 is 0 Å². The second-order valence-corrected chi connectivity index (χ2v) is 13.1. The summed E-state index contributed by atoms with van der Waals surface area (Å²) in [6.45, 7) is 1.85. The van der Waals surface area contributed by atoms with Gasteiger partial charge in [-0.3, -0.25) is 4.79 Å². The Balaban J connectivity index is 1.40. The van der Waals surface area contributed by atoms with Crippen LogP contribution >= 0.6 is 0 Å². The number of benzene rings is 2. The van der Waals surface area contributed by atoms with Gasteiger partial charge in [0.05, 0.1) is 13.2 Å². The van der Waals surface area contributed by atoms with E-state index in [1.165, 1.54) is 6.07 Å². The number of ether oxygens (including phenoxy) is 6. The van der Waals surface area contributed by atoms with Crippen LogP contribution < -0.4 is 10.2 Å². The lowest BCUT2D eigenvalue weighted by atomic mass is 9.97. The van der Waals surface area contributed by atoms with Crippen LogP contribution in [0, 0.1) is 0 Å². The zero-order valence-electron chi connectivity index (χ0n) is 28.3. The third-order valence-corrected chi connectivity index (χ3v) is 9.44. The monoisotopic (exact) mass is 784 g/mol. The van der Waals surface area contributed by atoms with Crippen LogP contribution in [0.4, 0.5) is 0 Å². The molecule has 6 rings (SSSR count). The smallest absolute Gasteiger partial charge is 0.239 e. The SMILES string of the molecule is C=CC1O[C@@H](OCC2O[C@@H](Oc3c(-c4ccc(O)c(O)c4)oc4cc(O)cc(O)c4c3=O)C(O[C@@H]3OC(CO)[C@@H](O)C(O)C3O)C(O)[C@H]2O)C(O)C(O)[C@H]1O. The van der Waals surface area contributed by atoms with Crippen molar-refractivity contribution in [2.45, 2.75) is 92.1 Å². The van der Waals surface area contributed by atoms with Crippen LogP contribution in [-0.4, -0.2) is 172 Å². The fourth-order valence-corrected chi connectivity index (χ4v) is 6.36. The van der Waals surface area contributed by atoms with Crippen LogP contribution in [0.5, 0.6) is 28.7 Å². The van der Waals surface area contributed by atoms with Crippen LogP contribution in [0.2, 0.25) is 0 Å². The summed E-state index contributed by atoms with van der Waals surface area (Å²) < 4.78 is 39.9. The summed E-state index contributed by atoms with van der Waals surface area (Å²) in [6, 6.07) is 4.98. The van der Waals surface area contributed by atoms with Crippen molar-refractivity contribution in [1.82, 2.24) is 0 Å². The highest BCUT2D eigenvalue weighted by Gasteiger charge is 2.52. The maximum Gasteiger partial charge on any atom is 0.239 e. The summed E-state index contributed by atoms with van der Waals surface area (Å²) in [5.74, 6) is -3.86. The van der Waals surface area contributed by atoms with E-state index in [0.29, 0.717) is 0 Å². The van der Waals surface area contributed by atoms with E-state index in [0.717, 1.165) is 30.3 Å². The van der Waals surface area contributed by atoms with Crippen molar-refractivity contribution in [3.05, 3.63) is 53.2 Å². The molecule has 302 valence electrons. The molecule has 9 unspecified atom stereocenters. The highest BCUT2D eigenvalue weighted by molar-refractivity contribution is 5.88. The summed E-state index contributed by atoms with van der Waals surface area (Å²) in [7, 11) is 0. The fourth-order valence-electron chi connectivity index (χ4n) is 6.36. The van der Waals surface area contributed by atoms with Gasteiger partial charge in [0.25, 0.3) is 0 Å². The van der Waals surface area contributed by atoms with Gasteiger partial charge in [0.15, 0.2) is 35.9 Å². The van der Waals surface area contributed by atoms with Gasteiger partial charge in [-0.1, -0.05) is 6.08 Å². The van der Waals surface area contributed by atoms with Crippen molar-refractivity contribution in [1.29, 1.82) is 0 Å². The molecular weight excluding hydrogens is 744 g/mol. The average molecular weight is 785 g/mol. The Morgan fingerprint density at radius 2 is 1.35 bits per heavy atom. The van der Waals surface area contributed by atoms with Gasteiger partial charge in [-0.05, 0) is 18.2 Å². The van der Waals surface area contributed by atoms with Crippen LogP contribution in [0.1, 0.15) is 0 Å². The molecule has 0 radical (unpaired) electrons. The van der Waals surface area contributed by atoms with E-state index in [-0.39, 0.29) is 11.1 Å². The quantitative estimate of drug-likeness (QED) is 0.0695. The molecule has 13 N–H and O–H groups in total. The average Bonchev–Trinajstić information content (AvgIpc) is 3.15. The fraction of sp³-hybridized carbons (Fsp3) is 0.500. The predicted molar refractivity (Wildman–Crippen MR) is 177 cm³/mol. The van der Waals surface area contributed by atoms with Crippen LogP contribution in [0.25, 0.3) is 22.3 Å². The van der Waals surface area contributed by atoms with E-state index in [1.807, 2.05) is 0 Å². The van der Waals surface area contributed by atoms with E-state index in [9.17, 15) is 71.2 Å². The Morgan fingerprint density at radius 1 is 0.691 bits per heavy atom. The summed E-state index contributed by atoms with van der Waals surface area (Å²) in [5, 5.41) is 135. The van der Waals surface area contributed by atoms with E-state index >= 15 is 0 Å². The minimum Gasteiger partial charge on any atom is -0.508 e. The molecule has 3 aliphatic heterocycles. The third-order valence-electron chi connectivity index (χ3n) is 9.44. The van der Waals surface area contributed by atoms with Crippen molar-refractivity contribution in [2.24, 2.45) is 0 Å². The van der Waals surface area contributed by atoms with Crippen molar-refractivity contribution in [3.63, 3.8) is 0 Å². The summed E-state index contributed by atoms with van der Waals surface area (Å²) in [4.78, 5) is 14.1. The molecule has 1 aromatic heterocycles. The highest BCUT2D eigenvalue weighted by Crippen LogP contribution is 2.40. The Kier molecular flexibility index (Phi) is 11.9. The van der Waals surface area contributed by atoms with E-state index in [1.54, 1.807) is 0 Å². The zero-order chi connectivity index (χ0) is 40.0. The minimum absolute atomic E-state index is 0.129. The Bertz CT molecular complexity index is 1900. The lowest BCUT2D eigenvalue weighted by molar-refractivity contribution is -0.362. The normalized spacial score (nSPS) is 36.8. The number of aliphatic hydroxyl groups excluding tert-OH is 9. The van der Waals surface area contributed by atoms with Crippen LogP contribution in [0.3, 0.4) is 0 Å². The number of rotatable bonds is 10. The topological polar surface area (TPSA) is 349 Å². The summed E-state index contributed by atoms with van der Waals surface area (Å²) in [6.07, 6.45) is -26.1. The molecule has 0 amide bonds. The molecule has 15 atom stereocenters. The maximum absolute atomic E-state index is 14.1. The van der Waals surface area contributed by atoms with Gasteiger partial charge in [-0.2, -0.15) is 0 Å². The van der Waals surface area contributed by atoms with Crippen molar-refractivity contribution >= 4 is 11.0 Å². The van der Waals surface area contributed by atoms with Gasteiger partial charge in [-0.15, -0.1) is 6.58 Å². The Labute approximate surface area is 308 Å². The summed E-state index contributed by atoms with van der Waals surface area (Å²) >= 11 is 0. The number of hydrogen-bond donors (Lipinski definition) is 13. The first-order valence-corrected chi connectivity index (χ1v) is 16.7. The standard InChI is InChI=1S/C34H40O21/c1-2-15-20(40)24(44)27(47)32(51-15)49-9-18-22(42)26(46)31(55-33-28(48)25(45)21(41)17(8-35)52-33)34(53-18)54-30-23(43)19-14(39)6-11(36)7-16(19)50-29(30)10-3-4-12(37)13(38)5-10/h2-7,15,17-18,20-22,24-28,31-42,44-48H,1,8-9H2/t15?,17?,18?,20-,21+,22-,24?,25?,26?,27?,28?,31?,32+,33-,34-/m0/s1. The Morgan fingerprint density at radius 3 is 2.02 bits per heavy atom. The lowest BCUT2D eigenvalue weighted by Crippen LogP contribution is -2.65. The molecule has 3 saturated heterocycles. The van der Waals surface area contributed by atoms with E-state index in [2.05, 4.69) is 6.58 Å². The second-order valence-electron chi connectivity index (χ2n) is 13.1. The molecule has 3 aliphatic rings. The van der Waals surface area contributed by atoms with Gasteiger partial charge in [0, 0.05) is 17.7 Å². The van der Waals surface area contributed by atoms with Gasteiger partial charge < -0.3 is 99.2 Å². The number of phenols is 4. The zero-order valence-corrected chi connectivity index (χ0v) is 28.3. The van der Waals surface area contributed by atoms with Gasteiger partial charge in [0.1, 0.15) is 89.6 Å². The first-order chi connectivity index (χ1) is 26.1. The molecule has 55 heavy (non-hydrogen) atoms. The van der Waals surface area contributed by atoms with Gasteiger partial charge in [0.2, 0.25) is 17.5 Å². The van der Waals surface area contributed by atoms with Crippen molar-refractivity contribution in [3.8, 4) is 40.1 Å². The molecule has 3 aromatic rings. The number of aliphatic hydroxyl groups is 9. The number of aromatic hydroxyl groups is 4. The van der Waals surface area contributed by atoms with Crippen LogP contribution in [0.15, 0.2) is 52.2 Å². The highest BCUT2D eigenvalue weighted by atomic mass is 16.8. The third kappa shape index (κ3) is 7.68. The number of hydrogen-bond acceptors (Lipinski definition) is 21. The number of phenolic OH excluding ortho intramolecular Hbond substituents is 4. The molecule has 0 spiro atoms. The van der Waals surface area contributed by atoms with Crippen molar-refractivity contribution in [2.75, 3.05) is 13.2 Å². The first-order valence-electron chi connectivity index (χ1n) is 16.7. The van der Waals surface area contributed by atoms with E-state index < -0.39 is 151 Å². The van der Waals surface area contributed by atoms with Crippen LogP contribution in [-0.2, 0) is 23.7 Å². The van der Waals surface area contributed by atoms with Gasteiger partial charge in [-0.25, -0.2) is 0 Å². The minimum atomic E-state index is -2.12. The summed E-state index contributed by atoms with van der Waals surface area (Å²) in [5.41, 5.74) is -1.64. The molecule has 0 aliphatic carbocycles. The lowest BCUT2D eigenvalue weighted by Gasteiger charge is -2.46.